The van der Waals surface area contributed by atoms with Gasteiger partial charge in [0.2, 0.25) is 0 Å². The summed E-state index contributed by atoms with van der Waals surface area (Å²) in [6.45, 7) is 1.09. The number of unbranched alkanes of at least 4 members (excludes halogenated alkanes) is 1. The fraction of sp³-hybridized carbons (Fsp3) is 0.462. The molecule has 0 aromatic heterocycles. The Kier molecular flexibility index (Phi) is 6.45. The Hall–Kier alpha value is -2.15. The molecule has 0 aliphatic carbocycles. The van der Waals surface area contributed by atoms with Crippen molar-refractivity contribution in [1.29, 1.82) is 0 Å². The summed E-state index contributed by atoms with van der Waals surface area (Å²) in [6.07, 6.45) is 1.59. The van der Waals surface area contributed by atoms with E-state index in [2.05, 4.69) is 10.6 Å². The maximum absolute atomic E-state index is 12.0. The van der Waals surface area contributed by atoms with Crippen LogP contribution in [0.5, 0.6) is 0 Å². The van der Waals surface area contributed by atoms with Crippen molar-refractivity contribution < 1.29 is 14.5 Å². The van der Waals surface area contributed by atoms with Crippen molar-refractivity contribution in [2.75, 3.05) is 32.6 Å². The van der Waals surface area contributed by atoms with Gasteiger partial charge in [0.25, 0.3) is 11.6 Å². The van der Waals surface area contributed by atoms with Gasteiger partial charge >= 0.3 is 0 Å². The van der Waals surface area contributed by atoms with E-state index in [0.29, 0.717) is 18.8 Å². The van der Waals surface area contributed by atoms with Crippen molar-refractivity contribution in [2.24, 2.45) is 0 Å². The molecule has 0 spiro atoms. The Balaban J connectivity index is 2.72. The number of carbonyl (C=O) groups excluding carboxylic acids is 1. The summed E-state index contributed by atoms with van der Waals surface area (Å²) in [5.74, 6) is -0.439. The van der Waals surface area contributed by atoms with Crippen LogP contribution in [0.4, 0.5) is 11.4 Å². The number of ether oxygens (including phenoxy) is 1. The first-order chi connectivity index (χ1) is 9.60. The minimum Gasteiger partial charge on any atom is -0.388 e. The zero-order valence-corrected chi connectivity index (χ0v) is 11.6. The topological polar surface area (TPSA) is 93.5 Å². The zero-order chi connectivity index (χ0) is 15.0. The molecule has 1 aromatic rings. The first-order valence-corrected chi connectivity index (χ1v) is 6.33. The van der Waals surface area contributed by atoms with Crippen LogP contribution >= 0.6 is 0 Å². The van der Waals surface area contributed by atoms with Gasteiger partial charge in [-0.3, -0.25) is 14.9 Å². The molecule has 0 fully saturated rings. The Bertz CT molecular complexity index is 477. The number of rotatable bonds is 8. The second kappa shape index (κ2) is 8.11. The van der Waals surface area contributed by atoms with Gasteiger partial charge in [0.1, 0.15) is 5.56 Å². The average molecular weight is 281 g/mol. The number of benzene rings is 1. The van der Waals surface area contributed by atoms with Crippen LogP contribution < -0.4 is 10.6 Å². The average Bonchev–Trinajstić information content (AvgIpc) is 2.46. The van der Waals surface area contributed by atoms with Crippen LogP contribution in [0.3, 0.4) is 0 Å². The van der Waals surface area contributed by atoms with Gasteiger partial charge < -0.3 is 15.4 Å². The van der Waals surface area contributed by atoms with Crippen LogP contribution in [-0.2, 0) is 4.74 Å². The van der Waals surface area contributed by atoms with Gasteiger partial charge in [-0.1, -0.05) is 0 Å². The quantitative estimate of drug-likeness (QED) is 0.430. The Morgan fingerprint density at radius 2 is 2.15 bits per heavy atom. The number of carbonyl (C=O) groups is 1. The molecule has 1 aromatic carbocycles. The maximum Gasteiger partial charge on any atom is 0.282 e. The van der Waals surface area contributed by atoms with Crippen molar-refractivity contribution in [2.45, 2.75) is 12.8 Å². The molecule has 7 heteroatoms. The van der Waals surface area contributed by atoms with E-state index < -0.39 is 10.8 Å². The molecule has 7 nitrogen and oxygen atoms in total. The molecule has 1 rings (SSSR count). The van der Waals surface area contributed by atoms with Crippen molar-refractivity contribution in [3.05, 3.63) is 33.9 Å². The summed E-state index contributed by atoms with van der Waals surface area (Å²) < 4.78 is 4.90. The number of amides is 1. The standard InChI is InChI=1S/C13H19N3O4/c1-14-10-5-6-12(16(18)19)11(9-10)13(17)15-7-3-4-8-20-2/h5-6,9,14H,3-4,7-8H2,1-2H3,(H,15,17). The number of nitrogens with one attached hydrogen (secondary N) is 2. The number of methoxy groups -OCH3 is 1. The van der Waals surface area contributed by atoms with E-state index in [0.717, 1.165) is 12.8 Å². The van der Waals surface area contributed by atoms with Crippen molar-refractivity contribution in [3.8, 4) is 0 Å². The second-order valence-corrected chi connectivity index (χ2v) is 4.19. The molecule has 0 bridgehead atoms. The lowest BCUT2D eigenvalue weighted by Crippen LogP contribution is -2.25. The molecule has 0 atom stereocenters. The molecular weight excluding hydrogens is 262 g/mol. The van der Waals surface area contributed by atoms with E-state index in [9.17, 15) is 14.9 Å². The smallest absolute Gasteiger partial charge is 0.282 e. The third-order valence-corrected chi connectivity index (χ3v) is 2.79. The molecule has 0 heterocycles. The molecule has 0 unspecified atom stereocenters. The largest absolute Gasteiger partial charge is 0.388 e. The molecule has 0 aliphatic heterocycles. The summed E-state index contributed by atoms with van der Waals surface area (Å²) in [5, 5.41) is 16.5. The summed E-state index contributed by atoms with van der Waals surface area (Å²) in [4.78, 5) is 22.4. The van der Waals surface area contributed by atoms with Gasteiger partial charge in [-0.15, -0.1) is 0 Å². The van der Waals surface area contributed by atoms with Crippen LogP contribution in [0.25, 0.3) is 0 Å². The molecule has 0 aliphatic rings. The minimum atomic E-state index is -0.556. The lowest BCUT2D eigenvalue weighted by Gasteiger charge is -2.07. The van der Waals surface area contributed by atoms with E-state index in [-0.39, 0.29) is 11.3 Å². The van der Waals surface area contributed by atoms with Gasteiger partial charge in [0.15, 0.2) is 0 Å². The molecule has 0 saturated carbocycles. The summed E-state index contributed by atoms with van der Waals surface area (Å²) >= 11 is 0. The highest BCUT2D eigenvalue weighted by Gasteiger charge is 2.20. The number of anilines is 1. The predicted molar refractivity (Wildman–Crippen MR) is 76.1 cm³/mol. The van der Waals surface area contributed by atoms with E-state index >= 15 is 0 Å². The SMILES string of the molecule is CNc1ccc([N+](=O)[O-])c(C(=O)NCCCCOC)c1. The molecule has 20 heavy (non-hydrogen) atoms. The molecule has 1 amide bonds. The Morgan fingerprint density at radius 1 is 1.40 bits per heavy atom. The monoisotopic (exact) mass is 281 g/mol. The summed E-state index contributed by atoms with van der Waals surface area (Å²) in [5.41, 5.74) is 0.520. The Morgan fingerprint density at radius 3 is 2.75 bits per heavy atom. The molecule has 0 radical (unpaired) electrons. The van der Waals surface area contributed by atoms with Crippen molar-refractivity contribution >= 4 is 17.3 Å². The number of nitro groups is 1. The lowest BCUT2D eigenvalue weighted by molar-refractivity contribution is -0.385. The van der Waals surface area contributed by atoms with Crippen molar-refractivity contribution in [3.63, 3.8) is 0 Å². The highest BCUT2D eigenvalue weighted by molar-refractivity contribution is 5.99. The van der Waals surface area contributed by atoms with Gasteiger partial charge in [0, 0.05) is 39.1 Å². The van der Waals surface area contributed by atoms with Gasteiger partial charge in [0.05, 0.1) is 4.92 Å². The minimum absolute atomic E-state index is 0.0635. The second-order valence-electron chi connectivity index (χ2n) is 4.19. The molecule has 0 saturated heterocycles. The van der Waals surface area contributed by atoms with Crippen LogP contribution in [0.1, 0.15) is 23.2 Å². The van der Waals surface area contributed by atoms with Gasteiger partial charge in [-0.05, 0) is 25.0 Å². The molecule has 2 N–H and O–H groups in total. The highest BCUT2D eigenvalue weighted by Crippen LogP contribution is 2.22. The third-order valence-electron chi connectivity index (χ3n) is 2.79. The third kappa shape index (κ3) is 4.51. The number of nitro benzene ring substituents is 1. The van der Waals surface area contributed by atoms with Crippen LogP contribution in [0.15, 0.2) is 18.2 Å². The fourth-order valence-corrected chi connectivity index (χ4v) is 1.70. The lowest BCUT2D eigenvalue weighted by atomic mass is 10.1. The van der Waals surface area contributed by atoms with E-state index in [4.69, 9.17) is 4.74 Å². The first-order valence-electron chi connectivity index (χ1n) is 6.33. The maximum atomic E-state index is 12.0. The number of nitrogens with zero attached hydrogens (tertiary/aromatic N) is 1. The number of hydrogen-bond donors (Lipinski definition) is 2. The highest BCUT2D eigenvalue weighted by atomic mass is 16.6. The van der Waals surface area contributed by atoms with Gasteiger partial charge in [-0.2, -0.15) is 0 Å². The van der Waals surface area contributed by atoms with E-state index in [1.165, 1.54) is 12.1 Å². The molecule has 110 valence electrons. The van der Waals surface area contributed by atoms with Gasteiger partial charge in [-0.25, -0.2) is 0 Å². The number of hydrogen-bond acceptors (Lipinski definition) is 5. The summed E-state index contributed by atoms with van der Waals surface area (Å²) in [7, 11) is 3.30. The van der Waals surface area contributed by atoms with Crippen LogP contribution in [-0.4, -0.2) is 38.1 Å². The first kappa shape index (κ1) is 15.9. The molecular formula is C13H19N3O4. The van der Waals surface area contributed by atoms with E-state index in [1.807, 2.05) is 0 Å². The zero-order valence-electron chi connectivity index (χ0n) is 11.6. The Labute approximate surface area is 117 Å². The fourth-order valence-electron chi connectivity index (χ4n) is 1.70. The predicted octanol–water partition coefficient (Wildman–Crippen LogP) is 1.79. The van der Waals surface area contributed by atoms with Crippen LogP contribution in [0, 0.1) is 10.1 Å². The normalized spacial score (nSPS) is 10.1. The van der Waals surface area contributed by atoms with Crippen molar-refractivity contribution in [1.82, 2.24) is 5.32 Å². The van der Waals surface area contributed by atoms with Crippen LogP contribution in [0.2, 0.25) is 0 Å². The summed E-state index contributed by atoms with van der Waals surface area (Å²) in [6, 6.07) is 4.36. The van der Waals surface area contributed by atoms with E-state index in [1.54, 1.807) is 20.2 Å².